The third-order valence-corrected chi connectivity index (χ3v) is 4.66. The molecule has 2 atom stereocenters. The topological polar surface area (TPSA) is 15.3 Å². The molecule has 2 rings (SSSR count). The third-order valence-electron chi connectivity index (χ3n) is 4.03. The predicted molar refractivity (Wildman–Crippen MR) is 84.4 cm³/mol. The second-order valence-corrected chi connectivity index (χ2v) is 6.14. The maximum atomic E-state index is 6.21. The fraction of sp³-hybridized carbons (Fsp3) is 0.600. The summed E-state index contributed by atoms with van der Waals surface area (Å²) in [6.45, 7) is 7.98. The number of piperidine rings is 1. The summed E-state index contributed by atoms with van der Waals surface area (Å²) in [7, 11) is 0. The number of para-hydroxylation sites is 1. The van der Waals surface area contributed by atoms with Crippen LogP contribution >= 0.6 is 23.2 Å². The predicted octanol–water partition coefficient (Wildman–Crippen LogP) is 4.53. The monoisotopic (exact) mass is 300 g/mol. The van der Waals surface area contributed by atoms with Crippen molar-refractivity contribution in [2.75, 3.05) is 25.0 Å². The number of halogens is 2. The summed E-state index contributed by atoms with van der Waals surface area (Å²) in [4.78, 5) is 2.51. The highest BCUT2D eigenvalue weighted by atomic mass is 35.5. The Labute approximate surface area is 126 Å². The van der Waals surface area contributed by atoms with E-state index in [0.717, 1.165) is 18.8 Å². The number of benzene rings is 1. The molecule has 0 amide bonds. The van der Waals surface area contributed by atoms with E-state index >= 15 is 0 Å². The zero-order valence-corrected chi connectivity index (χ0v) is 13.1. The first-order valence-electron chi connectivity index (χ1n) is 7.04. The Kier molecular flexibility index (Phi) is 5.37. The molecule has 0 radical (unpaired) electrons. The Morgan fingerprint density at radius 3 is 2.68 bits per heavy atom. The van der Waals surface area contributed by atoms with Gasteiger partial charge in [0.05, 0.1) is 15.7 Å². The van der Waals surface area contributed by atoms with Gasteiger partial charge < -0.3 is 10.2 Å². The van der Waals surface area contributed by atoms with Crippen molar-refractivity contribution in [1.29, 1.82) is 0 Å². The number of hydrogen-bond donors (Lipinski definition) is 1. The average Bonchev–Trinajstić information content (AvgIpc) is 2.43. The zero-order chi connectivity index (χ0) is 13.8. The van der Waals surface area contributed by atoms with Gasteiger partial charge in [-0.3, -0.25) is 0 Å². The Morgan fingerprint density at radius 2 is 2.05 bits per heavy atom. The van der Waals surface area contributed by atoms with Crippen LogP contribution in [0.4, 0.5) is 5.69 Å². The van der Waals surface area contributed by atoms with Gasteiger partial charge in [0.15, 0.2) is 0 Å². The number of nitrogens with zero attached hydrogens (tertiary/aromatic N) is 1. The van der Waals surface area contributed by atoms with Gasteiger partial charge in [-0.1, -0.05) is 36.2 Å². The van der Waals surface area contributed by atoms with Crippen molar-refractivity contribution >= 4 is 28.9 Å². The minimum Gasteiger partial charge on any atom is -0.380 e. The molecule has 4 heteroatoms. The molecular formula is C15H22Cl2N2. The van der Waals surface area contributed by atoms with Gasteiger partial charge in [0.25, 0.3) is 0 Å². The lowest BCUT2D eigenvalue weighted by Gasteiger charge is -2.36. The Balaban J connectivity index is 2.02. The number of likely N-dealkylation sites (tertiary alicyclic amines) is 1. The highest BCUT2D eigenvalue weighted by Crippen LogP contribution is 2.32. The van der Waals surface area contributed by atoms with Gasteiger partial charge in [-0.15, -0.1) is 0 Å². The summed E-state index contributed by atoms with van der Waals surface area (Å²) in [6, 6.07) is 6.01. The SMILES string of the molecule is CCN1CCCC(C(C)Nc2c(Cl)cccc2Cl)C1. The second-order valence-electron chi connectivity index (χ2n) is 5.33. The van der Waals surface area contributed by atoms with Gasteiger partial charge >= 0.3 is 0 Å². The van der Waals surface area contributed by atoms with E-state index in [4.69, 9.17) is 23.2 Å². The van der Waals surface area contributed by atoms with Gasteiger partial charge in [0.2, 0.25) is 0 Å². The number of anilines is 1. The van der Waals surface area contributed by atoms with Crippen LogP contribution in [0, 0.1) is 5.92 Å². The van der Waals surface area contributed by atoms with E-state index in [1.807, 2.05) is 18.2 Å². The lowest BCUT2D eigenvalue weighted by atomic mass is 9.91. The van der Waals surface area contributed by atoms with Crippen LogP contribution in [0.15, 0.2) is 18.2 Å². The van der Waals surface area contributed by atoms with Gasteiger partial charge in [-0.25, -0.2) is 0 Å². The number of nitrogens with one attached hydrogen (secondary N) is 1. The maximum Gasteiger partial charge on any atom is 0.0721 e. The quantitative estimate of drug-likeness (QED) is 0.879. The minimum absolute atomic E-state index is 0.381. The molecule has 106 valence electrons. The highest BCUT2D eigenvalue weighted by molar-refractivity contribution is 6.39. The van der Waals surface area contributed by atoms with Crippen LogP contribution in [0.2, 0.25) is 10.0 Å². The van der Waals surface area contributed by atoms with Crippen LogP contribution in [0.1, 0.15) is 26.7 Å². The molecule has 1 aromatic rings. The van der Waals surface area contributed by atoms with Crippen LogP contribution in [-0.4, -0.2) is 30.6 Å². The molecule has 1 aliphatic rings. The standard InChI is InChI=1S/C15H22Cl2N2/c1-3-19-9-5-6-12(10-19)11(2)18-15-13(16)7-4-8-14(15)17/h4,7-8,11-12,18H,3,5-6,9-10H2,1-2H3. The van der Waals surface area contributed by atoms with E-state index in [1.54, 1.807) is 0 Å². The molecule has 1 saturated heterocycles. The molecule has 1 heterocycles. The molecule has 2 unspecified atom stereocenters. The molecule has 0 spiro atoms. The molecule has 0 aromatic heterocycles. The highest BCUT2D eigenvalue weighted by Gasteiger charge is 2.24. The van der Waals surface area contributed by atoms with E-state index in [-0.39, 0.29) is 0 Å². The zero-order valence-electron chi connectivity index (χ0n) is 11.6. The van der Waals surface area contributed by atoms with Gasteiger partial charge in [0, 0.05) is 12.6 Å². The summed E-state index contributed by atoms with van der Waals surface area (Å²) in [5, 5.41) is 4.90. The van der Waals surface area contributed by atoms with Gasteiger partial charge in [-0.05, 0) is 50.9 Å². The fourth-order valence-corrected chi connectivity index (χ4v) is 3.27. The first-order valence-corrected chi connectivity index (χ1v) is 7.80. The molecule has 2 nitrogen and oxygen atoms in total. The summed E-state index contributed by atoms with van der Waals surface area (Å²) in [5.41, 5.74) is 0.868. The normalized spacial score (nSPS) is 22.2. The van der Waals surface area contributed by atoms with Crippen LogP contribution in [0.5, 0.6) is 0 Å². The van der Waals surface area contributed by atoms with Crippen LogP contribution in [-0.2, 0) is 0 Å². The Hall–Kier alpha value is -0.440. The molecule has 1 aromatic carbocycles. The minimum atomic E-state index is 0.381. The summed E-state index contributed by atoms with van der Waals surface area (Å²) < 4.78 is 0. The summed E-state index contributed by atoms with van der Waals surface area (Å²) in [5.74, 6) is 0.654. The van der Waals surface area contributed by atoms with E-state index in [0.29, 0.717) is 22.0 Å². The smallest absolute Gasteiger partial charge is 0.0721 e. The van der Waals surface area contributed by atoms with E-state index in [1.165, 1.54) is 19.4 Å². The van der Waals surface area contributed by atoms with Crippen molar-refractivity contribution in [1.82, 2.24) is 4.90 Å². The van der Waals surface area contributed by atoms with E-state index < -0.39 is 0 Å². The number of hydrogen-bond acceptors (Lipinski definition) is 2. The fourth-order valence-electron chi connectivity index (χ4n) is 2.77. The summed E-state index contributed by atoms with van der Waals surface area (Å²) in [6.07, 6.45) is 2.55. The molecular weight excluding hydrogens is 279 g/mol. The summed E-state index contributed by atoms with van der Waals surface area (Å²) >= 11 is 12.4. The van der Waals surface area contributed by atoms with E-state index in [9.17, 15) is 0 Å². The van der Waals surface area contributed by atoms with Gasteiger partial charge in [0.1, 0.15) is 0 Å². The lowest BCUT2D eigenvalue weighted by molar-refractivity contribution is 0.172. The van der Waals surface area contributed by atoms with Gasteiger partial charge in [-0.2, -0.15) is 0 Å². The van der Waals surface area contributed by atoms with Crippen molar-refractivity contribution < 1.29 is 0 Å². The van der Waals surface area contributed by atoms with Crippen molar-refractivity contribution in [2.45, 2.75) is 32.7 Å². The second kappa shape index (κ2) is 6.83. The first kappa shape index (κ1) is 15.0. The van der Waals surface area contributed by atoms with Crippen molar-refractivity contribution in [3.63, 3.8) is 0 Å². The van der Waals surface area contributed by atoms with Crippen LogP contribution < -0.4 is 5.32 Å². The Bertz CT molecular complexity index is 402. The average molecular weight is 301 g/mol. The molecule has 19 heavy (non-hydrogen) atoms. The molecule has 0 saturated carbocycles. The maximum absolute atomic E-state index is 6.21. The third kappa shape index (κ3) is 3.77. The first-order chi connectivity index (χ1) is 9.11. The molecule has 0 aliphatic carbocycles. The molecule has 0 bridgehead atoms. The molecule has 1 fully saturated rings. The molecule has 1 aliphatic heterocycles. The largest absolute Gasteiger partial charge is 0.380 e. The molecule has 1 N–H and O–H groups in total. The van der Waals surface area contributed by atoms with Crippen LogP contribution in [0.25, 0.3) is 0 Å². The van der Waals surface area contributed by atoms with E-state index in [2.05, 4.69) is 24.1 Å². The van der Waals surface area contributed by atoms with Crippen molar-refractivity contribution in [3.05, 3.63) is 28.2 Å². The van der Waals surface area contributed by atoms with Crippen LogP contribution in [0.3, 0.4) is 0 Å². The van der Waals surface area contributed by atoms with Crippen molar-refractivity contribution in [3.8, 4) is 0 Å². The number of rotatable bonds is 4. The lowest BCUT2D eigenvalue weighted by Crippen LogP contribution is -2.41. The Morgan fingerprint density at radius 1 is 1.37 bits per heavy atom. The van der Waals surface area contributed by atoms with Crippen molar-refractivity contribution in [2.24, 2.45) is 5.92 Å².